The number of hydrogen-bond donors (Lipinski definition) is 1. The summed E-state index contributed by atoms with van der Waals surface area (Å²) in [5, 5.41) is 2.75. The van der Waals surface area contributed by atoms with Crippen molar-refractivity contribution in [1.82, 2.24) is 10.2 Å². The van der Waals surface area contributed by atoms with Crippen LogP contribution in [0.15, 0.2) is 0 Å². The normalized spacial score (nSPS) is 22.9. The second kappa shape index (κ2) is 6.24. The lowest BCUT2D eigenvalue weighted by Crippen LogP contribution is -2.60. The van der Waals surface area contributed by atoms with Crippen LogP contribution in [0.5, 0.6) is 0 Å². The Morgan fingerprint density at radius 2 is 1.62 bits per heavy atom. The fraction of sp³-hybridized carbons (Fsp3) is 0.824. The van der Waals surface area contributed by atoms with Gasteiger partial charge in [0.15, 0.2) is 0 Å². The molecule has 1 saturated heterocycles. The van der Waals surface area contributed by atoms with Crippen LogP contribution in [0.3, 0.4) is 0 Å². The van der Waals surface area contributed by atoms with Gasteiger partial charge in [0.05, 0.1) is 4.87 Å². The average Bonchev–Trinajstić information content (AvgIpc) is 2.49. The quantitative estimate of drug-likeness (QED) is 0.616. The number of nitrogens with zero attached hydrogens (tertiary/aromatic N) is 1. The molecule has 1 fully saturated rings. The van der Waals surface area contributed by atoms with Crippen molar-refractivity contribution in [2.24, 2.45) is 0 Å². The second-order valence-electron chi connectivity index (χ2n) is 8.68. The SMILES string of the molecule is CC(C)(C)OC(=O)C(C)(C)NC(=O)[C@@H]1N(C=O)C(C)(C)SC1(C)C. The van der Waals surface area contributed by atoms with E-state index in [1.165, 1.54) is 4.90 Å². The Bertz CT molecular complexity index is 535. The summed E-state index contributed by atoms with van der Waals surface area (Å²) in [7, 11) is 0. The third kappa shape index (κ3) is 4.43. The summed E-state index contributed by atoms with van der Waals surface area (Å²) in [5.41, 5.74) is -1.83. The van der Waals surface area contributed by atoms with Gasteiger partial charge >= 0.3 is 5.97 Å². The summed E-state index contributed by atoms with van der Waals surface area (Å²) in [6.07, 6.45) is 0.701. The maximum atomic E-state index is 12.9. The molecule has 0 spiro atoms. The molecule has 0 aromatic heterocycles. The van der Waals surface area contributed by atoms with Crippen LogP contribution in [-0.4, -0.2) is 50.0 Å². The lowest BCUT2D eigenvalue weighted by atomic mass is 9.97. The molecular weight excluding hydrogens is 328 g/mol. The van der Waals surface area contributed by atoms with E-state index < -0.39 is 32.8 Å². The third-order valence-corrected chi connectivity index (χ3v) is 5.24. The zero-order valence-electron chi connectivity index (χ0n) is 16.1. The maximum absolute atomic E-state index is 12.9. The standard InChI is InChI=1S/C17H30N2O4S/c1-14(2,3)23-13(22)15(4,5)18-12(21)11-16(6,7)24-17(8,9)19(11)10-20/h10-11H,1-9H3,(H,18,21)/t11-/m0/s1. The van der Waals surface area contributed by atoms with Crippen molar-refractivity contribution < 1.29 is 19.1 Å². The predicted molar refractivity (Wildman–Crippen MR) is 95.5 cm³/mol. The molecule has 1 rings (SSSR count). The molecule has 24 heavy (non-hydrogen) atoms. The molecule has 0 aromatic carbocycles. The van der Waals surface area contributed by atoms with Crippen LogP contribution < -0.4 is 5.32 Å². The summed E-state index contributed by atoms with van der Waals surface area (Å²) in [6, 6.07) is -0.670. The van der Waals surface area contributed by atoms with Crippen molar-refractivity contribution in [2.45, 2.75) is 89.1 Å². The number of carbonyl (C=O) groups is 3. The van der Waals surface area contributed by atoms with Crippen LogP contribution in [0.2, 0.25) is 0 Å². The minimum Gasteiger partial charge on any atom is -0.458 e. The summed E-state index contributed by atoms with van der Waals surface area (Å²) in [4.78, 5) is 37.8. The molecule has 0 aliphatic carbocycles. The van der Waals surface area contributed by atoms with Crippen molar-refractivity contribution in [3.8, 4) is 0 Å². The number of nitrogens with one attached hydrogen (secondary N) is 1. The minimum absolute atomic E-state index is 0.360. The summed E-state index contributed by atoms with van der Waals surface area (Å²) in [5.74, 6) is -0.871. The molecular formula is C17H30N2O4S. The van der Waals surface area contributed by atoms with E-state index in [9.17, 15) is 14.4 Å². The first-order valence-electron chi connectivity index (χ1n) is 8.03. The number of carbonyl (C=O) groups excluding carboxylic acids is 3. The molecule has 138 valence electrons. The van der Waals surface area contributed by atoms with Crippen LogP contribution in [-0.2, 0) is 19.1 Å². The Morgan fingerprint density at radius 3 is 2.04 bits per heavy atom. The van der Waals surface area contributed by atoms with E-state index in [0.717, 1.165) is 0 Å². The van der Waals surface area contributed by atoms with Crippen molar-refractivity contribution in [3.05, 3.63) is 0 Å². The highest BCUT2D eigenvalue weighted by Gasteiger charge is 2.55. The number of ether oxygens (including phenoxy) is 1. The third-order valence-electron chi connectivity index (χ3n) is 3.78. The molecule has 0 aromatic rings. The lowest BCUT2D eigenvalue weighted by Gasteiger charge is -2.35. The molecule has 0 bridgehead atoms. The van der Waals surface area contributed by atoms with E-state index in [-0.39, 0.29) is 5.91 Å². The van der Waals surface area contributed by atoms with Gasteiger partial charge in [-0.2, -0.15) is 0 Å². The molecule has 2 amide bonds. The van der Waals surface area contributed by atoms with Gasteiger partial charge in [0, 0.05) is 4.75 Å². The average molecular weight is 359 g/mol. The zero-order valence-corrected chi connectivity index (χ0v) is 17.0. The Balaban J connectivity index is 3.01. The fourth-order valence-electron chi connectivity index (χ4n) is 2.86. The lowest BCUT2D eigenvalue weighted by molar-refractivity contribution is -0.163. The summed E-state index contributed by atoms with van der Waals surface area (Å²) < 4.78 is 4.90. The number of hydrogen-bond acceptors (Lipinski definition) is 5. The zero-order chi connectivity index (χ0) is 19.1. The van der Waals surface area contributed by atoms with Crippen molar-refractivity contribution in [3.63, 3.8) is 0 Å². The molecule has 7 heteroatoms. The maximum Gasteiger partial charge on any atom is 0.331 e. The molecule has 1 N–H and O–H groups in total. The number of esters is 1. The van der Waals surface area contributed by atoms with Gasteiger partial charge in [0.1, 0.15) is 17.2 Å². The Hall–Kier alpha value is -1.24. The minimum atomic E-state index is -1.19. The molecule has 0 radical (unpaired) electrons. The van der Waals surface area contributed by atoms with Gasteiger partial charge in [0.25, 0.3) is 0 Å². The van der Waals surface area contributed by atoms with Gasteiger partial charge in [0.2, 0.25) is 12.3 Å². The van der Waals surface area contributed by atoms with Gasteiger partial charge in [-0.3, -0.25) is 9.59 Å². The number of thioether (sulfide) groups is 1. The second-order valence-corrected chi connectivity index (χ2v) is 10.9. The molecule has 0 saturated carbocycles. The highest BCUT2D eigenvalue weighted by molar-refractivity contribution is 8.02. The topological polar surface area (TPSA) is 75.7 Å². The van der Waals surface area contributed by atoms with Crippen LogP contribution in [0.25, 0.3) is 0 Å². The van der Waals surface area contributed by atoms with Gasteiger partial charge < -0.3 is 15.0 Å². The first-order chi connectivity index (χ1) is 10.5. The molecule has 1 heterocycles. The smallest absolute Gasteiger partial charge is 0.331 e. The Morgan fingerprint density at radius 1 is 1.12 bits per heavy atom. The van der Waals surface area contributed by atoms with Gasteiger partial charge in [-0.25, -0.2) is 4.79 Å². The van der Waals surface area contributed by atoms with Crippen molar-refractivity contribution >= 4 is 30.0 Å². The number of amides is 2. The van der Waals surface area contributed by atoms with E-state index in [1.807, 2.05) is 27.7 Å². The highest BCUT2D eigenvalue weighted by atomic mass is 32.2. The van der Waals surface area contributed by atoms with Crippen molar-refractivity contribution in [1.29, 1.82) is 0 Å². The van der Waals surface area contributed by atoms with Crippen LogP contribution in [0, 0.1) is 0 Å². The molecule has 1 aliphatic heterocycles. The van der Waals surface area contributed by atoms with E-state index in [2.05, 4.69) is 5.32 Å². The van der Waals surface area contributed by atoms with Gasteiger partial charge in [-0.05, 0) is 62.3 Å². The highest BCUT2D eigenvalue weighted by Crippen LogP contribution is 2.50. The van der Waals surface area contributed by atoms with Crippen LogP contribution in [0.1, 0.15) is 62.3 Å². The molecule has 1 atom stereocenters. The van der Waals surface area contributed by atoms with E-state index >= 15 is 0 Å². The van der Waals surface area contributed by atoms with Crippen molar-refractivity contribution in [2.75, 3.05) is 0 Å². The van der Waals surface area contributed by atoms with Gasteiger partial charge in [-0.1, -0.05) is 0 Å². The van der Waals surface area contributed by atoms with Crippen LogP contribution >= 0.6 is 11.8 Å². The van der Waals surface area contributed by atoms with E-state index in [1.54, 1.807) is 46.4 Å². The monoisotopic (exact) mass is 358 g/mol. The molecule has 0 unspecified atom stereocenters. The molecule has 1 aliphatic rings. The first kappa shape index (κ1) is 20.8. The van der Waals surface area contributed by atoms with E-state index in [4.69, 9.17) is 4.74 Å². The Kier molecular flexibility index (Phi) is 5.41. The fourth-order valence-corrected chi connectivity index (χ4v) is 4.73. The molecule has 6 nitrogen and oxygen atoms in total. The van der Waals surface area contributed by atoms with E-state index in [0.29, 0.717) is 6.41 Å². The number of rotatable bonds is 4. The van der Waals surface area contributed by atoms with Gasteiger partial charge in [-0.15, -0.1) is 11.8 Å². The largest absolute Gasteiger partial charge is 0.458 e. The van der Waals surface area contributed by atoms with Crippen LogP contribution in [0.4, 0.5) is 0 Å². The first-order valence-corrected chi connectivity index (χ1v) is 8.84. The predicted octanol–water partition coefficient (Wildman–Crippen LogP) is 2.31. The summed E-state index contributed by atoms with van der Waals surface area (Å²) >= 11 is 1.56. The summed E-state index contributed by atoms with van der Waals surface area (Å²) in [6.45, 7) is 16.2. The Labute approximate surface area is 149 Å².